The number of carbonyl (C=O) groups excluding carboxylic acids is 1. The number of hydrogen-bond donors (Lipinski definition) is 2. The zero-order valence-electron chi connectivity index (χ0n) is 14.6. The van der Waals surface area contributed by atoms with E-state index in [1.165, 1.54) is 0 Å². The summed E-state index contributed by atoms with van der Waals surface area (Å²) in [5.41, 5.74) is 0.715. The van der Waals surface area contributed by atoms with Gasteiger partial charge in [0.05, 0.1) is 0 Å². The van der Waals surface area contributed by atoms with Crippen LogP contribution in [0.4, 0.5) is 10.5 Å². The van der Waals surface area contributed by atoms with Gasteiger partial charge in [0.15, 0.2) is 11.5 Å². The largest absolute Gasteiger partial charge is 0.448 e. The van der Waals surface area contributed by atoms with Crippen LogP contribution in [0.3, 0.4) is 0 Å². The lowest BCUT2D eigenvalue weighted by molar-refractivity contribution is -0.0716. The Hall–Kier alpha value is -1.95. The number of urea groups is 1. The Morgan fingerprint density at radius 2 is 1.88 bits per heavy atom. The van der Waals surface area contributed by atoms with Crippen LogP contribution >= 0.6 is 0 Å². The molecule has 3 rings (SSSR count). The maximum Gasteiger partial charge on any atom is 0.319 e. The average Bonchev–Trinajstić information content (AvgIpc) is 3.17. The highest BCUT2D eigenvalue weighted by Gasteiger charge is 2.44. The Balaban J connectivity index is 1.51. The summed E-state index contributed by atoms with van der Waals surface area (Å²) in [4.78, 5) is 14.3. The van der Waals surface area contributed by atoms with E-state index in [2.05, 4.69) is 29.4 Å². The van der Waals surface area contributed by atoms with Crippen LogP contribution in [0.15, 0.2) is 18.2 Å². The fraction of sp³-hybridized carbons (Fsp3) is 0.611. The second kappa shape index (κ2) is 7.30. The minimum Gasteiger partial charge on any atom is -0.448 e. The molecule has 1 aliphatic heterocycles. The summed E-state index contributed by atoms with van der Waals surface area (Å²) in [5.74, 6) is 1.02. The zero-order chi connectivity index (χ0) is 17.0. The van der Waals surface area contributed by atoms with E-state index in [4.69, 9.17) is 9.47 Å². The number of fused-ring (bicyclic) bond motifs is 1. The third kappa shape index (κ3) is 3.75. The molecule has 0 aromatic heterocycles. The maximum absolute atomic E-state index is 12.0. The van der Waals surface area contributed by atoms with Gasteiger partial charge >= 0.3 is 6.03 Å². The van der Waals surface area contributed by atoms with E-state index in [-0.39, 0.29) is 6.03 Å². The Bertz CT molecular complexity index is 581. The maximum atomic E-state index is 12.0. The first-order valence-electron chi connectivity index (χ1n) is 8.93. The molecule has 2 aliphatic rings. The number of benzene rings is 1. The second-order valence-electron chi connectivity index (χ2n) is 6.39. The molecule has 1 fully saturated rings. The third-order valence-electron chi connectivity index (χ3n) is 4.77. The van der Waals surface area contributed by atoms with Gasteiger partial charge in [-0.2, -0.15) is 0 Å². The van der Waals surface area contributed by atoms with Gasteiger partial charge in [-0.15, -0.1) is 0 Å². The van der Waals surface area contributed by atoms with E-state index in [9.17, 15) is 4.79 Å². The summed E-state index contributed by atoms with van der Waals surface area (Å²) >= 11 is 0. The molecule has 0 saturated heterocycles. The number of carbonyl (C=O) groups is 1. The lowest BCUT2D eigenvalue weighted by Gasteiger charge is -2.21. The van der Waals surface area contributed by atoms with Gasteiger partial charge in [-0.05, 0) is 38.1 Å². The second-order valence-corrected chi connectivity index (χ2v) is 6.39. The normalized spacial score (nSPS) is 17.5. The summed E-state index contributed by atoms with van der Waals surface area (Å²) in [5, 5.41) is 5.74. The Kier molecular flexibility index (Phi) is 5.14. The van der Waals surface area contributed by atoms with Crippen molar-refractivity contribution in [3.8, 4) is 11.5 Å². The highest BCUT2D eigenvalue weighted by molar-refractivity contribution is 5.89. The van der Waals surface area contributed by atoms with Crippen molar-refractivity contribution in [1.82, 2.24) is 10.2 Å². The highest BCUT2D eigenvalue weighted by atomic mass is 16.7. The number of nitrogens with zero attached hydrogens (tertiary/aromatic N) is 1. The molecule has 1 heterocycles. The molecule has 1 saturated carbocycles. The zero-order valence-corrected chi connectivity index (χ0v) is 14.6. The van der Waals surface area contributed by atoms with Gasteiger partial charge in [0.25, 0.3) is 5.79 Å². The lowest BCUT2D eigenvalue weighted by Crippen LogP contribution is -2.36. The molecule has 6 nitrogen and oxygen atoms in total. The molecule has 1 aromatic carbocycles. The van der Waals surface area contributed by atoms with Gasteiger partial charge in [0.1, 0.15) is 0 Å². The molecule has 1 aliphatic carbocycles. The number of amides is 2. The predicted octanol–water partition coefficient (Wildman–Crippen LogP) is 3.19. The van der Waals surface area contributed by atoms with Crippen LogP contribution in [0.2, 0.25) is 0 Å². The number of ether oxygens (including phenoxy) is 2. The van der Waals surface area contributed by atoms with Crippen molar-refractivity contribution < 1.29 is 14.3 Å². The summed E-state index contributed by atoms with van der Waals surface area (Å²) in [6, 6.07) is 5.36. The molecule has 1 aromatic rings. The summed E-state index contributed by atoms with van der Waals surface area (Å²) < 4.78 is 12.0. The molecular weight excluding hydrogens is 306 g/mol. The first-order valence-corrected chi connectivity index (χ1v) is 8.93. The van der Waals surface area contributed by atoms with Gasteiger partial charge in [0.2, 0.25) is 0 Å². The van der Waals surface area contributed by atoms with Crippen LogP contribution in [0.1, 0.15) is 39.5 Å². The van der Waals surface area contributed by atoms with Gasteiger partial charge in [-0.25, -0.2) is 4.79 Å². The highest BCUT2D eigenvalue weighted by Crippen LogP contribution is 2.47. The Morgan fingerprint density at radius 1 is 1.17 bits per heavy atom. The number of nitrogens with one attached hydrogen (secondary N) is 2. The van der Waals surface area contributed by atoms with Crippen molar-refractivity contribution in [2.24, 2.45) is 0 Å². The minimum absolute atomic E-state index is 0.198. The SMILES string of the molecule is CCN(CC)CCNC(=O)Nc1ccc2c(c1)OC1(CCCC1)O2. The molecule has 0 radical (unpaired) electrons. The van der Waals surface area contributed by atoms with Crippen LogP contribution in [-0.4, -0.2) is 42.9 Å². The van der Waals surface area contributed by atoms with Gasteiger partial charge in [0, 0.05) is 37.7 Å². The lowest BCUT2D eigenvalue weighted by atomic mass is 10.2. The number of hydrogen-bond acceptors (Lipinski definition) is 4. The summed E-state index contributed by atoms with van der Waals surface area (Å²) in [7, 11) is 0. The van der Waals surface area contributed by atoms with Crippen LogP contribution in [0, 0.1) is 0 Å². The van der Waals surface area contributed by atoms with Crippen LogP contribution in [-0.2, 0) is 0 Å². The minimum atomic E-state index is -0.465. The van der Waals surface area contributed by atoms with E-state index >= 15 is 0 Å². The molecule has 24 heavy (non-hydrogen) atoms. The number of anilines is 1. The van der Waals surface area contributed by atoms with E-state index in [1.807, 2.05) is 18.2 Å². The van der Waals surface area contributed by atoms with Gasteiger partial charge in [-0.1, -0.05) is 13.8 Å². The molecule has 0 atom stereocenters. The molecule has 6 heteroatoms. The smallest absolute Gasteiger partial charge is 0.319 e. The molecule has 0 unspecified atom stereocenters. The van der Waals surface area contributed by atoms with Crippen molar-refractivity contribution in [3.63, 3.8) is 0 Å². The van der Waals surface area contributed by atoms with E-state index in [1.54, 1.807) is 0 Å². The van der Waals surface area contributed by atoms with Crippen LogP contribution in [0.25, 0.3) is 0 Å². The van der Waals surface area contributed by atoms with Crippen molar-refractivity contribution in [2.45, 2.75) is 45.3 Å². The van der Waals surface area contributed by atoms with Crippen molar-refractivity contribution in [3.05, 3.63) is 18.2 Å². The topological polar surface area (TPSA) is 62.8 Å². The van der Waals surface area contributed by atoms with E-state index in [0.29, 0.717) is 12.2 Å². The monoisotopic (exact) mass is 333 g/mol. The summed E-state index contributed by atoms with van der Waals surface area (Å²) in [6.45, 7) is 7.69. The first kappa shape index (κ1) is 16.9. The number of rotatable bonds is 6. The van der Waals surface area contributed by atoms with Crippen LogP contribution < -0.4 is 20.1 Å². The predicted molar refractivity (Wildman–Crippen MR) is 93.7 cm³/mol. The van der Waals surface area contributed by atoms with Gasteiger partial charge < -0.3 is 25.0 Å². The average molecular weight is 333 g/mol. The molecule has 0 bridgehead atoms. The Labute approximate surface area is 143 Å². The standard InChI is InChI=1S/C18H27N3O3/c1-3-21(4-2)12-11-19-17(22)20-14-7-8-15-16(13-14)24-18(23-15)9-5-6-10-18/h7-8,13H,3-6,9-12H2,1-2H3,(H2,19,20,22). The number of likely N-dealkylation sites (N-methyl/N-ethyl adjacent to an activating group) is 1. The fourth-order valence-electron chi connectivity index (χ4n) is 3.33. The van der Waals surface area contributed by atoms with Crippen LogP contribution in [0.5, 0.6) is 11.5 Å². The first-order chi connectivity index (χ1) is 11.6. The van der Waals surface area contributed by atoms with E-state index in [0.717, 1.165) is 56.8 Å². The molecule has 1 spiro atoms. The molecular formula is C18H27N3O3. The fourth-order valence-corrected chi connectivity index (χ4v) is 3.33. The Morgan fingerprint density at radius 3 is 2.58 bits per heavy atom. The van der Waals surface area contributed by atoms with Crippen molar-refractivity contribution in [2.75, 3.05) is 31.5 Å². The van der Waals surface area contributed by atoms with E-state index < -0.39 is 5.79 Å². The van der Waals surface area contributed by atoms with Gasteiger partial charge in [-0.3, -0.25) is 0 Å². The van der Waals surface area contributed by atoms with Crippen molar-refractivity contribution in [1.29, 1.82) is 0 Å². The third-order valence-corrected chi connectivity index (χ3v) is 4.77. The summed E-state index contributed by atoms with van der Waals surface area (Å²) in [6.07, 6.45) is 4.12. The molecule has 132 valence electrons. The van der Waals surface area contributed by atoms with Crippen molar-refractivity contribution >= 4 is 11.7 Å². The molecule has 2 N–H and O–H groups in total. The molecule has 2 amide bonds. The quantitative estimate of drug-likeness (QED) is 0.839.